The molecule has 0 aliphatic rings. The largest absolute Gasteiger partial charge is 0.322 e. The molecule has 0 bridgehead atoms. The number of halogens is 1. The number of nitro benzene ring substituents is 1. The number of non-ortho nitro benzene ring substituents is 1. The minimum absolute atomic E-state index is 0.0135. The Bertz CT molecular complexity index is 1620. The fourth-order valence-electron chi connectivity index (χ4n) is 3.59. The molecule has 10 heteroatoms. The smallest absolute Gasteiger partial charge is 0.269 e. The van der Waals surface area contributed by atoms with Crippen LogP contribution in [0.3, 0.4) is 0 Å². The molecule has 0 spiro atoms. The molecule has 4 rings (SSSR count). The fraction of sp³-hybridized carbons (Fsp3) is 0.0357. The predicted octanol–water partition coefficient (Wildman–Crippen LogP) is 6.54. The van der Waals surface area contributed by atoms with Gasteiger partial charge >= 0.3 is 0 Å². The Morgan fingerprint density at radius 1 is 0.895 bits per heavy atom. The normalized spacial score (nSPS) is 11.6. The van der Waals surface area contributed by atoms with Crippen molar-refractivity contribution < 1.29 is 18.1 Å². The van der Waals surface area contributed by atoms with E-state index in [4.69, 9.17) is 11.6 Å². The van der Waals surface area contributed by atoms with E-state index in [0.29, 0.717) is 38.7 Å². The number of benzene rings is 4. The molecule has 0 aliphatic carbocycles. The summed E-state index contributed by atoms with van der Waals surface area (Å²) in [6.07, 6.45) is 1.63. The summed E-state index contributed by atoms with van der Waals surface area (Å²) in [7, 11) is -3.89. The molecule has 1 amide bonds. The lowest BCUT2D eigenvalue weighted by Gasteiger charge is -2.13. The number of rotatable bonds is 8. The highest BCUT2D eigenvalue weighted by Crippen LogP contribution is 2.27. The number of nitrogens with zero attached hydrogens (tertiary/aromatic N) is 1. The van der Waals surface area contributed by atoms with Crippen LogP contribution in [0.25, 0.3) is 11.6 Å². The van der Waals surface area contributed by atoms with Gasteiger partial charge in [0, 0.05) is 28.4 Å². The SMILES string of the molecule is Cc1c(Cl)cccc1NS(=O)(=O)c1ccc(NC(=O)/C(=C/c2ccc([N+](=O)[O-])cc2)c2ccccc2)cc1. The molecule has 0 radical (unpaired) electrons. The summed E-state index contributed by atoms with van der Waals surface area (Å²) in [4.78, 5) is 23.7. The molecule has 0 saturated heterocycles. The maximum absolute atomic E-state index is 13.3. The van der Waals surface area contributed by atoms with Crippen LogP contribution in [-0.2, 0) is 14.8 Å². The number of hydrogen-bond acceptors (Lipinski definition) is 5. The maximum atomic E-state index is 13.3. The van der Waals surface area contributed by atoms with E-state index in [1.165, 1.54) is 36.4 Å². The third kappa shape index (κ3) is 6.26. The van der Waals surface area contributed by atoms with Crippen molar-refractivity contribution in [3.8, 4) is 0 Å². The highest BCUT2D eigenvalue weighted by atomic mass is 35.5. The molecule has 4 aromatic carbocycles. The van der Waals surface area contributed by atoms with Gasteiger partial charge in [0.1, 0.15) is 0 Å². The van der Waals surface area contributed by atoms with Crippen LogP contribution in [0, 0.1) is 17.0 Å². The van der Waals surface area contributed by atoms with E-state index in [2.05, 4.69) is 10.0 Å². The van der Waals surface area contributed by atoms with E-state index in [1.807, 2.05) is 6.07 Å². The lowest BCUT2D eigenvalue weighted by atomic mass is 10.0. The predicted molar refractivity (Wildman–Crippen MR) is 149 cm³/mol. The Morgan fingerprint density at radius 3 is 2.18 bits per heavy atom. The summed E-state index contributed by atoms with van der Waals surface area (Å²) in [5.41, 5.74) is 2.89. The van der Waals surface area contributed by atoms with E-state index in [0.717, 1.165) is 0 Å². The molecule has 0 heterocycles. The summed E-state index contributed by atoms with van der Waals surface area (Å²) in [6.45, 7) is 1.72. The van der Waals surface area contributed by atoms with Crippen molar-refractivity contribution in [3.63, 3.8) is 0 Å². The molecular formula is C28H22ClN3O5S. The van der Waals surface area contributed by atoms with Crippen molar-refractivity contribution in [2.24, 2.45) is 0 Å². The van der Waals surface area contributed by atoms with E-state index >= 15 is 0 Å². The highest BCUT2D eigenvalue weighted by Gasteiger charge is 2.17. The van der Waals surface area contributed by atoms with Crippen LogP contribution in [0.2, 0.25) is 5.02 Å². The number of anilines is 2. The number of carbonyl (C=O) groups excluding carboxylic acids is 1. The lowest BCUT2D eigenvalue weighted by molar-refractivity contribution is -0.384. The van der Waals surface area contributed by atoms with Crippen molar-refractivity contribution >= 4 is 56.2 Å². The zero-order chi connectivity index (χ0) is 27.3. The van der Waals surface area contributed by atoms with Crippen molar-refractivity contribution in [2.45, 2.75) is 11.8 Å². The van der Waals surface area contributed by atoms with Gasteiger partial charge in [-0.05, 0) is 78.2 Å². The number of amides is 1. The van der Waals surface area contributed by atoms with Gasteiger partial charge in [0.05, 0.1) is 15.5 Å². The maximum Gasteiger partial charge on any atom is 0.269 e. The number of nitrogens with one attached hydrogen (secondary N) is 2. The summed E-state index contributed by atoms with van der Waals surface area (Å²) in [6, 6.07) is 25.5. The standard InChI is InChI=1S/C28H22ClN3O5S/c1-19-26(29)8-5-9-27(19)31-38(36,37)24-16-12-22(13-17-24)30-28(33)25(21-6-3-2-4-7-21)18-20-10-14-23(15-11-20)32(34)35/h2-18,31H,1H3,(H,30,33)/b25-18+. The zero-order valence-electron chi connectivity index (χ0n) is 20.1. The van der Waals surface area contributed by atoms with Crippen LogP contribution in [0.15, 0.2) is 102 Å². The van der Waals surface area contributed by atoms with Crippen molar-refractivity contribution in [1.82, 2.24) is 0 Å². The highest BCUT2D eigenvalue weighted by molar-refractivity contribution is 7.92. The van der Waals surface area contributed by atoms with Crippen LogP contribution >= 0.6 is 11.6 Å². The topological polar surface area (TPSA) is 118 Å². The van der Waals surface area contributed by atoms with E-state index in [9.17, 15) is 23.3 Å². The third-order valence-electron chi connectivity index (χ3n) is 5.68. The second kappa shape index (κ2) is 11.3. The molecule has 0 atom stereocenters. The summed E-state index contributed by atoms with van der Waals surface area (Å²) in [5, 5.41) is 14.2. The number of nitro groups is 1. The van der Waals surface area contributed by atoms with Gasteiger partial charge < -0.3 is 5.32 Å². The molecule has 8 nitrogen and oxygen atoms in total. The van der Waals surface area contributed by atoms with Crippen molar-refractivity contribution in [1.29, 1.82) is 0 Å². The van der Waals surface area contributed by atoms with E-state index in [1.54, 1.807) is 67.6 Å². The number of carbonyl (C=O) groups is 1. The van der Waals surface area contributed by atoms with Gasteiger partial charge in [-0.3, -0.25) is 19.6 Å². The fourth-order valence-corrected chi connectivity index (χ4v) is 4.89. The van der Waals surface area contributed by atoms with Crippen LogP contribution in [0.4, 0.5) is 17.1 Å². The quantitative estimate of drug-likeness (QED) is 0.112. The first-order chi connectivity index (χ1) is 18.1. The molecule has 38 heavy (non-hydrogen) atoms. The van der Waals surface area contributed by atoms with Crippen LogP contribution in [0.1, 0.15) is 16.7 Å². The number of hydrogen-bond donors (Lipinski definition) is 2. The molecule has 2 N–H and O–H groups in total. The third-order valence-corrected chi connectivity index (χ3v) is 7.47. The second-order valence-corrected chi connectivity index (χ2v) is 10.4. The van der Waals surface area contributed by atoms with Crippen molar-refractivity contribution in [2.75, 3.05) is 10.0 Å². The molecular weight excluding hydrogens is 526 g/mol. The Labute approximate surface area is 224 Å². The number of sulfonamides is 1. The Hall–Kier alpha value is -4.47. The Balaban J connectivity index is 1.56. The van der Waals surface area contributed by atoms with E-state index < -0.39 is 20.9 Å². The first-order valence-electron chi connectivity index (χ1n) is 11.3. The molecule has 192 valence electrons. The first-order valence-corrected chi connectivity index (χ1v) is 13.2. The Kier molecular flexibility index (Phi) is 7.90. The van der Waals surface area contributed by atoms with Gasteiger partial charge in [-0.15, -0.1) is 0 Å². The van der Waals surface area contributed by atoms with Gasteiger partial charge in [0.25, 0.3) is 21.6 Å². The molecule has 0 aromatic heterocycles. The monoisotopic (exact) mass is 547 g/mol. The zero-order valence-corrected chi connectivity index (χ0v) is 21.7. The van der Waals surface area contributed by atoms with Crippen LogP contribution in [-0.4, -0.2) is 19.2 Å². The molecule has 0 unspecified atom stereocenters. The van der Waals surface area contributed by atoms with Crippen LogP contribution < -0.4 is 10.0 Å². The van der Waals surface area contributed by atoms with Gasteiger partial charge in [0.15, 0.2) is 0 Å². The van der Waals surface area contributed by atoms with Gasteiger partial charge in [0.2, 0.25) is 0 Å². The van der Waals surface area contributed by atoms with Crippen LogP contribution in [0.5, 0.6) is 0 Å². The molecule has 0 fully saturated rings. The minimum atomic E-state index is -3.89. The van der Waals surface area contributed by atoms with Crippen molar-refractivity contribution in [3.05, 3.63) is 129 Å². The van der Waals surface area contributed by atoms with Gasteiger partial charge in [-0.2, -0.15) is 0 Å². The Morgan fingerprint density at radius 2 is 1.55 bits per heavy atom. The van der Waals surface area contributed by atoms with E-state index in [-0.39, 0.29) is 10.6 Å². The minimum Gasteiger partial charge on any atom is -0.322 e. The second-order valence-electron chi connectivity index (χ2n) is 8.27. The molecule has 4 aromatic rings. The van der Waals surface area contributed by atoms with Gasteiger partial charge in [-0.25, -0.2) is 8.42 Å². The summed E-state index contributed by atoms with van der Waals surface area (Å²) >= 11 is 6.09. The molecule has 0 saturated carbocycles. The van der Waals surface area contributed by atoms with Gasteiger partial charge in [-0.1, -0.05) is 48.0 Å². The lowest BCUT2D eigenvalue weighted by Crippen LogP contribution is -2.15. The average Bonchev–Trinajstić information content (AvgIpc) is 2.91. The first kappa shape index (κ1) is 26.6. The average molecular weight is 548 g/mol. The summed E-state index contributed by atoms with van der Waals surface area (Å²) < 4.78 is 28.3. The molecule has 0 aliphatic heterocycles. The summed E-state index contributed by atoms with van der Waals surface area (Å²) in [5.74, 6) is -0.433.